The second-order valence-electron chi connectivity index (χ2n) is 12.5. The fraction of sp³-hybridized carbons (Fsp3) is 0.378. The molecule has 0 N–H and O–H groups in total. The van der Waals surface area contributed by atoms with E-state index in [-0.39, 0.29) is 5.82 Å². The molecule has 48 heavy (non-hydrogen) atoms. The van der Waals surface area contributed by atoms with Gasteiger partial charge in [-0.05, 0) is 93.6 Å². The smallest absolute Gasteiger partial charge is 0.317 e. The highest BCUT2D eigenvalue weighted by Crippen LogP contribution is 2.33. The molecule has 5 rings (SSSR count). The molecule has 1 aliphatic carbocycles. The molecule has 3 aromatic carbocycles. The summed E-state index contributed by atoms with van der Waals surface area (Å²) in [6, 6.07) is 20.0. The summed E-state index contributed by atoms with van der Waals surface area (Å²) in [5.41, 5.74) is 5.53. The Morgan fingerprint density at radius 1 is 0.875 bits per heavy atom. The van der Waals surface area contributed by atoms with Crippen molar-refractivity contribution in [3.05, 3.63) is 118 Å². The van der Waals surface area contributed by atoms with Crippen molar-refractivity contribution in [3.8, 4) is 11.1 Å². The Bertz CT molecular complexity index is 1730. The van der Waals surface area contributed by atoms with Crippen molar-refractivity contribution in [3.63, 3.8) is 0 Å². The van der Waals surface area contributed by atoms with Crippen molar-refractivity contribution in [1.29, 1.82) is 0 Å². The molecule has 0 radical (unpaired) electrons. The third kappa shape index (κ3) is 8.73. The van der Waals surface area contributed by atoms with E-state index in [0.717, 1.165) is 70.5 Å². The standard InChI is InChI=1S/C37H42F4N6S/c1-25(2)45(5)22-34-43-44-35(47(34)21-27-9-13-29(14-10-27)30-15-17-31(18-16-30)37(39,40)41)23-46(33-8-6-7-26(33)3)36(42-4)48-24-28-11-19-32(38)20-12-28/h9-20,25H,6-8,21-24H2,1-5H3. The number of nitrogens with zero attached hydrogens (tertiary/aromatic N) is 6. The molecular formula is C37H42F4N6S. The first-order valence-corrected chi connectivity index (χ1v) is 17.1. The van der Waals surface area contributed by atoms with Gasteiger partial charge in [0, 0.05) is 24.5 Å². The first-order valence-electron chi connectivity index (χ1n) is 16.1. The van der Waals surface area contributed by atoms with Crippen LogP contribution in [0, 0.1) is 5.82 Å². The van der Waals surface area contributed by atoms with Gasteiger partial charge >= 0.3 is 6.18 Å². The van der Waals surface area contributed by atoms with Crippen LogP contribution in [0.5, 0.6) is 0 Å². The van der Waals surface area contributed by atoms with Gasteiger partial charge in [-0.15, -0.1) is 10.2 Å². The van der Waals surface area contributed by atoms with Gasteiger partial charge in [-0.2, -0.15) is 13.2 Å². The lowest BCUT2D eigenvalue weighted by molar-refractivity contribution is -0.137. The van der Waals surface area contributed by atoms with Crippen LogP contribution in [0.3, 0.4) is 0 Å². The largest absolute Gasteiger partial charge is 0.416 e. The van der Waals surface area contributed by atoms with Gasteiger partial charge in [0.15, 0.2) is 11.0 Å². The highest BCUT2D eigenvalue weighted by Gasteiger charge is 2.30. The molecule has 6 nitrogen and oxygen atoms in total. The molecule has 0 aliphatic heterocycles. The number of aliphatic imine (C=N–C) groups is 1. The minimum atomic E-state index is -4.37. The number of amidine groups is 1. The second kappa shape index (κ2) is 15.5. The van der Waals surface area contributed by atoms with Gasteiger partial charge in [0.05, 0.1) is 25.2 Å². The zero-order valence-corrected chi connectivity index (χ0v) is 28.9. The number of halogens is 4. The first kappa shape index (κ1) is 35.3. The first-order chi connectivity index (χ1) is 22.9. The normalized spacial score (nSPS) is 14.1. The van der Waals surface area contributed by atoms with Crippen LogP contribution in [-0.2, 0) is 31.6 Å². The summed E-state index contributed by atoms with van der Waals surface area (Å²) in [6.45, 7) is 8.09. The topological polar surface area (TPSA) is 49.6 Å². The Morgan fingerprint density at radius 3 is 2.00 bits per heavy atom. The Morgan fingerprint density at radius 2 is 1.46 bits per heavy atom. The maximum Gasteiger partial charge on any atom is 0.416 e. The van der Waals surface area contributed by atoms with E-state index in [9.17, 15) is 17.6 Å². The van der Waals surface area contributed by atoms with Gasteiger partial charge in [0.2, 0.25) is 0 Å². The SMILES string of the molecule is CN=C(SCc1ccc(F)cc1)N(Cc1nnc(CN(C)C(C)C)n1Cc1ccc(-c2ccc(C(F)(F)F)cc2)cc1)C1=C(C)CCC1. The monoisotopic (exact) mass is 678 g/mol. The fourth-order valence-electron chi connectivity index (χ4n) is 5.69. The van der Waals surface area contributed by atoms with Crippen molar-refractivity contribution in [2.45, 2.75) is 77.6 Å². The number of thioether (sulfide) groups is 1. The summed E-state index contributed by atoms with van der Waals surface area (Å²) in [4.78, 5) is 9.20. The summed E-state index contributed by atoms with van der Waals surface area (Å²) in [6.07, 6.45) is -1.30. The minimum Gasteiger partial charge on any atom is -0.317 e. The molecule has 0 saturated carbocycles. The van der Waals surface area contributed by atoms with Crippen molar-refractivity contribution in [2.75, 3.05) is 14.1 Å². The van der Waals surface area contributed by atoms with E-state index in [2.05, 4.69) is 47.3 Å². The predicted molar refractivity (Wildman–Crippen MR) is 186 cm³/mol. The number of rotatable bonds is 11. The Labute approximate surface area is 284 Å². The Hall–Kier alpha value is -3.96. The molecule has 0 bridgehead atoms. The quantitative estimate of drug-likeness (QED) is 0.0900. The van der Waals surface area contributed by atoms with Crippen LogP contribution in [0.15, 0.2) is 89.1 Å². The third-order valence-electron chi connectivity index (χ3n) is 8.80. The molecule has 0 spiro atoms. The molecule has 0 amide bonds. The van der Waals surface area contributed by atoms with Crippen LogP contribution in [0.25, 0.3) is 11.1 Å². The van der Waals surface area contributed by atoms with Crippen LogP contribution in [-0.4, -0.2) is 49.9 Å². The van der Waals surface area contributed by atoms with Crippen LogP contribution >= 0.6 is 11.8 Å². The summed E-state index contributed by atoms with van der Waals surface area (Å²) in [7, 11) is 3.87. The minimum absolute atomic E-state index is 0.256. The van der Waals surface area contributed by atoms with Crippen LogP contribution in [0.2, 0.25) is 0 Å². The van der Waals surface area contributed by atoms with E-state index in [0.29, 0.717) is 31.4 Å². The second-order valence-corrected chi connectivity index (χ2v) is 13.4. The predicted octanol–water partition coefficient (Wildman–Crippen LogP) is 9.17. The Kier molecular flexibility index (Phi) is 11.4. The van der Waals surface area contributed by atoms with E-state index in [1.54, 1.807) is 30.9 Å². The van der Waals surface area contributed by atoms with Gasteiger partial charge in [0.25, 0.3) is 0 Å². The fourth-order valence-corrected chi connectivity index (χ4v) is 6.63. The van der Waals surface area contributed by atoms with Gasteiger partial charge in [-0.1, -0.05) is 65.9 Å². The lowest BCUT2D eigenvalue weighted by atomic mass is 10.0. The van der Waals surface area contributed by atoms with E-state index in [1.807, 2.05) is 24.3 Å². The molecule has 1 aliphatic rings. The van der Waals surface area contributed by atoms with Crippen LogP contribution in [0.4, 0.5) is 17.6 Å². The van der Waals surface area contributed by atoms with Crippen LogP contribution < -0.4 is 0 Å². The number of allylic oxidation sites excluding steroid dienone is 2. The lowest BCUT2D eigenvalue weighted by Crippen LogP contribution is -2.30. The van der Waals surface area contributed by atoms with E-state index < -0.39 is 11.7 Å². The van der Waals surface area contributed by atoms with Crippen molar-refractivity contribution >= 4 is 16.9 Å². The molecule has 0 atom stereocenters. The van der Waals surface area contributed by atoms with E-state index >= 15 is 0 Å². The molecule has 1 heterocycles. The summed E-state index contributed by atoms with van der Waals surface area (Å²) in [5.74, 6) is 2.05. The molecule has 0 saturated heterocycles. The van der Waals surface area contributed by atoms with Crippen molar-refractivity contribution < 1.29 is 17.6 Å². The van der Waals surface area contributed by atoms with Crippen molar-refractivity contribution in [2.24, 2.45) is 4.99 Å². The number of hydrogen-bond acceptors (Lipinski definition) is 5. The summed E-state index contributed by atoms with van der Waals surface area (Å²) >= 11 is 1.62. The third-order valence-corrected chi connectivity index (χ3v) is 9.94. The van der Waals surface area contributed by atoms with Gasteiger partial charge in [-0.3, -0.25) is 9.89 Å². The Balaban J connectivity index is 1.43. The molecule has 254 valence electrons. The number of aromatic nitrogens is 3. The number of hydrogen-bond donors (Lipinski definition) is 0. The maximum atomic E-state index is 13.5. The summed E-state index contributed by atoms with van der Waals surface area (Å²) in [5, 5.41) is 10.3. The van der Waals surface area contributed by atoms with Gasteiger partial charge in [-0.25, -0.2) is 4.39 Å². The van der Waals surface area contributed by atoms with E-state index in [4.69, 9.17) is 10.1 Å². The number of benzene rings is 3. The molecular weight excluding hydrogens is 637 g/mol. The summed E-state index contributed by atoms with van der Waals surface area (Å²) < 4.78 is 54.9. The zero-order chi connectivity index (χ0) is 34.4. The van der Waals surface area contributed by atoms with Gasteiger partial charge < -0.3 is 9.47 Å². The molecule has 0 fully saturated rings. The highest BCUT2D eigenvalue weighted by molar-refractivity contribution is 8.13. The van der Waals surface area contributed by atoms with Crippen LogP contribution in [0.1, 0.15) is 68.4 Å². The van der Waals surface area contributed by atoms with Crippen molar-refractivity contribution in [1.82, 2.24) is 24.6 Å². The zero-order valence-electron chi connectivity index (χ0n) is 28.1. The molecule has 1 aromatic heterocycles. The molecule has 11 heteroatoms. The maximum absolute atomic E-state index is 13.5. The van der Waals surface area contributed by atoms with E-state index in [1.165, 1.54) is 35.5 Å². The average Bonchev–Trinajstić information content (AvgIpc) is 3.66. The molecule has 0 unspecified atom stereocenters. The molecule has 4 aromatic rings. The van der Waals surface area contributed by atoms with Gasteiger partial charge in [0.1, 0.15) is 11.6 Å². The number of alkyl halides is 3. The average molecular weight is 679 g/mol. The highest BCUT2D eigenvalue weighted by atomic mass is 32.2. The lowest BCUT2D eigenvalue weighted by Gasteiger charge is -2.28.